The van der Waals surface area contributed by atoms with Gasteiger partial charge in [0.15, 0.2) is 6.29 Å². The van der Waals surface area contributed by atoms with Crippen molar-refractivity contribution in [3.05, 3.63) is 0 Å². The van der Waals surface area contributed by atoms with E-state index in [1.54, 1.807) is 6.92 Å². The molecule has 0 aliphatic carbocycles. The molecule has 1 fully saturated rings. The molecule has 1 heterocycles. The molecule has 2 amide bonds. The van der Waals surface area contributed by atoms with E-state index in [0.717, 1.165) is 0 Å². The lowest BCUT2D eigenvalue weighted by molar-refractivity contribution is -0.292. The number of rotatable bonds is 15. The number of nitrogens with zero attached hydrogens (tertiary/aromatic N) is 1. The Morgan fingerprint density at radius 2 is 1.48 bits per heavy atom. The molecule has 1 saturated heterocycles. The van der Waals surface area contributed by atoms with Gasteiger partial charge in [0.2, 0.25) is 11.8 Å². The fourth-order valence-corrected chi connectivity index (χ4v) is 3.30. The molecule has 1 aliphatic heterocycles. The number of unbranched alkanes of at least 4 members (excludes halogenated alkanes) is 1. The summed E-state index contributed by atoms with van der Waals surface area (Å²) in [7, 11) is 0. The van der Waals surface area contributed by atoms with E-state index in [9.17, 15) is 34.5 Å². The second-order valence-electron chi connectivity index (χ2n) is 8.39. The lowest BCUT2D eigenvalue weighted by Gasteiger charge is -2.38. The second kappa shape index (κ2) is 15.1. The van der Waals surface area contributed by atoms with Crippen molar-refractivity contribution in [1.82, 2.24) is 10.2 Å². The van der Waals surface area contributed by atoms with Crippen LogP contribution in [-0.2, 0) is 28.7 Å². The summed E-state index contributed by atoms with van der Waals surface area (Å²) in [6.45, 7) is 5.01. The number of ketones is 2. The van der Waals surface area contributed by atoms with Gasteiger partial charge in [0.1, 0.15) is 29.9 Å². The van der Waals surface area contributed by atoms with E-state index in [1.165, 1.54) is 18.7 Å². The van der Waals surface area contributed by atoms with Crippen LogP contribution < -0.4 is 5.32 Å². The zero-order valence-corrected chi connectivity index (χ0v) is 19.7. The first-order chi connectivity index (χ1) is 15.5. The first kappa shape index (κ1) is 29.1. The highest BCUT2D eigenvalue weighted by molar-refractivity contribution is 5.80. The van der Waals surface area contributed by atoms with E-state index in [4.69, 9.17) is 9.47 Å². The van der Waals surface area contributed by atoms with E-state index in [1.807, 2.05) is 0 Å². The molecule has 1 rings (SSSR count). The molecule has 0 aromatic carbocycles. The van der Waals surface area contributed by atoms with Gasteiger partial charge in [-0.05, 0) is 33.6 Å². The van der Waals surface area contributed by atoms with Crippen LogP contribution in [0.1, 0.15) is 59.3 Å². The van der Waals surface area contributed by atoms with Crippen LogP contribution in [0.5, 0.6) is 0 Å². The zero-order chi connectivity index (χ0) is 25.0. The van der Waals surface area contributed by atoms with Crippen molar-refractivity contribution in [1.29, 1.82) is 0 Å². The van der Waals surface area contributed by atoms with Crippen molar-refractivity contribution >= 4 is 23.4 Å². The monoisotopic (exact) mass is 474 g/mol. The van der Waals surface area contributed by atoms with Crippen molar-refractivity contribution in [2.24, 2.45) is 0 Å². The van der Waals surface area contributed by atoms with Gasteiger partial charge < -0.3 is 39.8 Å². The molecule has 0 radical (unpaired) electrons. The van der Waals surface area contributed by atoms with E-state index >= 15 is 0 Å². The summed E-state index contributed by atoms with van der Waals surface area (Å²) < 4.78 is 10.7. The smallest absolute Gasteiger partial charge is 0.222 e. The summed E-state index contributed by atoms with van der Waals surface area (Å²) in [5.41, 5.74) is 0. The largest absolute Gasteiger partial charge is 0.388 e. The van der Waals surface area contributed by atoms with Crippen molar-refractivity contribution in [3.63, 3.8) is 0 Å². The molecule has 0 aromatic rings. The second-order valence-corrected chi connectivity index (χ2v) is 8.39. The maximum atomic E-state index is 12.5. The number of aliphatic hydroxyl groups is 3. The van der Waals surface area contributed by atoms with Crippen LogP contribution in [-0.4, -0.2) is 101 Å². The van der Waals surface area contributed by atoms with Gasteiger partial charge in [-0.25, -0.2) is 0 Å². The Kier molecular flexibility index (Phi) is 13.3. The van der Waals surface area contributed by atoms with Crippen LogP contribution >= 0.6 is 0 Å². The summed E-state index contributed by atoms with van der Waals surface area (Å²) in [5, 5.41) is 32.0. The van der Waals surface area contributed by atoms with Crippen LogP contribution in [0.2, 0.25) is 0 Å². The summed E-state index contributed by atoms with van der Waals surface area (Å²) in [4.78, 5) is 48.4. The number of ether oxygens (including phenoxy) is 2. The third-order valence-electron chi connectivity index (χ3n) is 5.38. The molecule has 0 aromatic heterocycles. The van der Waals surface area contributed by atoms with Crippen LogP contribution in [0, 0.1) is 0 Å². The summed E-state index contributed by atoms with van der Waals surface area (Å²) in [6.07, 6.45) is -3.76. The minimum Gasteiger partial charge on any atom is -0.388 e. The summed E-state index contributed by atoms with van der Waals surface area (Å²) >= 11 is 0. The standard InChI is InChI=1S/C22H38N2O9/c1-14(25)6-4-5-7-18(28)24(11-8-15(2)26)12-9-17(27)23-10-13-32-22-21(31)20(30)19(29)16(3)33-22/h16,19-22,29-31H,4-13H2,1-3H3,(H,23,27)/t16-,19+,20+,21-,22+/m0/s1. The molecular formula is C22H38N2O9. The number of amides is 2. The maximum Gasteiger partial charge on any atom is 0.222 e. The Morgan fingerprint density at radius 3 is 2.12 bits per heavy atom. The minimum absolute atomic E-state index is 0.00608. The van der Waals surface area contributed by atoms with Crippen molar-refractivity contribution in [2.75, 3.05) is 26.2 Å². The average Bonchev–Trinajstić information content (AvgIpc) is 2.75. The third kappa shape index (κ3) is 11.2. The van der Waals surface area contributed by atoms with Crippen molar-refractivity contribution in [2.45, 2.75) is 90.0 Å². The Hall–Kier alpha value is -1.92. The topological polar surface area (TPSA) is 163 Å². The zero-order valence-electron chi connectivity index (χ0n) is 19.7. The number of carbonyl (C=O) groups excluding carboxylic acids is 4. The van der Waals surface area contributed by atoms with E-state index in [0.29, 0.717) is 19.3 Å². The SMILES string of the molecule is CC(=O)CCCCC(=O)N(CCC(C)=O)CCC(=O)NCCO[C@@H]1O[C@@H](C)[C@@H](O)[C@@H](O)[C@@H]1O. The molecule has 11 heteroatoms. The Morgan fingerprint density at radius 1 is 0.879 bits per heavy atom. The van der Waals surface area contributed by atoms with Crippen LogP contribution in [0.25, 0.3) is 0 Å². The van der Waals surface area contributed by atoms with Crippen molar-refractivity contribution in [3.8, 4) is 0 Å². The summed E-state index contributed by atoms with van der Waals surface area (Å²) in [5.74, 6) is -0.451. The predicted octanol–water partition coefficient (Wildman–Crippen LogP) is -0.706. The molecule has 1 aliphatic rings. The van der Waals surface area contributed by atoms with Gasteiger partial charge in [0.25, 0.3) is 0 Å². The number of carbonyl (C=O) groups is 4. The Labute approximate surface area is 194 Å². The highest BCUT2D eigenvalue weighted by Gasteiger charge is 2.42. The third-order valence-corrected chi connectivity index (χ3v) is 5.38. The number of hydrogen-bond donors (Lipinski definition) is 4. The average molecular weight is 475 g/mol. The molecule has 5 atom stereocenters. The Balaban J connectivity index is 2.36. The highest BCUT2D eigenvalue weighted by atomic mass is 16.7. The predicted molar refractivity (Wildman–Crippen MR) is 117 cm³/mol. The van der Waals surface area contributed by atoms with Gasteiger partial charge in [0, 0.05) is 45.3 Å². The normalized spacial score (nSPS) is 24.8. The number of Topliss-reactive ketones (excluding diaryl/α,β-unsaturated/α-hetero) is 2. The number of aliphatic hydroxyl groups excluding tert-OH is 3. The summed E-state index contributed by atoms with van der Waals surface area (Å²) in [6, 6.07) is 0. The van der Waals surface area contributed by atoms with Gasteiger partial charge in [-0.3, -0.25) is 14.4 Å². The lowest BCUT2D eigenvalue weighted by Crippen LogP contribution is -2.57. The molecule has 0 saturated carbocycles. The van der Waals surface area contributed by atoms with E-state index < -0.39 is 30.7 Å². The van der Waals surface area contributed by atoms with Crippen LogP contribution in [0.4, 0.5) is 0 Å². The minimum atomic E-state index is -1.41. The molecule has 190 valence electrons. The quantitative estimate of drug-likeness (QED) is 0.225. The Bertz CT molecular complexity index is 658. The fourth-order valence-electron chi connectivity index (χ4n) is 3.30. The molecule has 33 heavy (non-hydrogen) atoms. The van der Waals surface area contributed by atoms with Crippen LogP contribution in [0.15, 0.2) is 0 Å². The first-order valence-corrected chi connectivity index (χ1v) is 11.4. The molecular weight excluding hydrogens is 436 g/mol. The van der Waals surface area contributed by atoms with Gasteiger partial charge in [-0.15, -0.1) is 0 Å². The van der Waals surface area contributed by atoms with Gasteiger partial charge in [0.05, 0.1) is 12.7 Å². The van der Waals surface area contributed by atoms with Gasteiger partial charge in [-0.1, -0.05) is 0 Å². The van der Waals surface area contributed by atoms with Crippen molar-refractivity contribution < 1.29 is 44.0 Å². The fraction of sp³-hybridized carbons (Fsp3) is 0.818. The van der Waals surface area contributed by atoms with Crippen LogP contribution in [0.3, 0.4) is 0 Å². The number of hydrogen-bond acceptors (Lipinski definition) is 9. The first-order valence-electron chi connectivity index (χ1n) is 11.4. The molecule has 0 spiro atoms. The van der Waals surface area contributed by atoms with E-state index in [2.05, 4.69) is 5.32 Å². The highest BCUT2D eigenvalue weighted by Crippen LogP contribution is 2.21. The molecule has 4 N–H and O–H groups in total. The van der Waals surface area contributed by atoms with E-state index in [-0.39, 0.29) is 68.9 Å². The number of nitrogens with one attached hydrogen (secondary N) is 1. The van der Waals surface area contributed by atoms with Gasteiger partial charge in [-0.2, -0.15) is 0 Å². The van der Waals surface area contributed by atoms with Gasteiger partial charge >= 0.3 is 0 Å². The maximum absolute atomic E-state index is 12.5. The lowest BCUT2D eigenvalue weighted by atomic mass is 10.0. The molecule has 0 unspecified atom stereocenters. The molecule has 0 bridgehead atoms. The molecule has 11 nitrogen and oxygen atoms in total.